The van der Waals surface area contributed by atoms with Crippen LogP contribution in [-0.2, 0) is 36.7 Å². The highest BCUT2D eigenvalue weighted by molar-refractivity contribution is 5.94. The molecular formula is C40H53N3O7. The second-order valence-corrected chi connectivity index (χ2v) is 14.6. The van der Waals surface area contributed by atoms with Crippen LogP contribution in [0.1, 0.15) is 88.7 Å². The second kappa shape index (κ2) is 17.2. The molecule has 50 heavy (non-hydrogen) atoms. The molecular weight excluding hydrogens is 634 g/mol. The van der Waals surface area contributed by atoms with Crippen molar-refractivity contribution in [3.05, 3.63) is 101 Å². The summed E-state index contributed by atoms with van der Waals surface area (Å²) in [6, 6.07) is 17.9. The van der Waals surface area contributed by atoms with Crippen LogP contribution in [0.25, 0.3) is 0 Å². The van der Waals surface area contributed by atoms with Crippen LogP contribution in [-0.4, -0.2) is 63.7 Å². The van der Waals surface area contributed by atoms with E-state index in [-0.39, 0.29) is 25.1 Å². The molecule has 0 aromatic heterocycles. The van der Waals surface area contributed by atoms with E-state index in [2.05, 4.69) is 10.6 Å². The van der Waals surface area contributed by atoms with Gasteiger partial charge in [-0.3, -0.25) is 9.59 Å². The Morgan fingerprint density at radius 1 is 0.740 bits per heavy atom. The number of rotatable bonds is 13. The standard InChI is InChI=1S/C40H53N3O7/c1-10-23-43(36(46)32(42-38(48)50-40(7,8)9)24-29-19-21-30(44)22-20-29)34(31-18-14-15-26(2)27(31)3)35(45)41-33(37(47)49-39(4,5)6)25-28-16-12-11-13-17-28/h11-22,32-34,44H,10,23-25H2,1-9H3,(H,41,45)(H,42,48). The maximum Gasteiger partial charge on any atom is 0.408 e. The number of alkyl carbamates (subject to hydrolysis) is 1. The van der Waals surface area contributed by atoms with Crippen molar-refractivity contribution in [2.45, 2.75) is 111 Å². The number of amides is 3. The van der Waals surface area contributed by atoms with E-state index >= 15 is 0 Å². The van der Waals surface area contributed by atoms with Crippen molar-refractivity contribution in [2.75, 3.05) is 6.54 Å². The molecule has 10 nitrogen and oxygen atoms in total. The fraction of sp³-hybridized carbons (Fsp3) is 0.450. The lowest BCUT2D eigenvalue weighted by atomic mass is 9.94. The van der Waals surface area contributed by atoms with E-state index in [1.165, 1.54) is 17.0 Å². The number of ether oxygens (including phenoxy) is 2. The van der Waals surface area contributed by atoms with Crippen molar-refractivity contribution in [3.63, 3.8) is 0 Å². The van der Waals surface area contributed by atoms with Crippen LogP contribution >= 0.6 is 0 Å². The fourth-order valence-corrected chi connectivity index (χ4v) is 5.51. The molecule has 0 radical (unpaired) electrons. The third-order valence-corrected chi connectivity index (χ3v) is 7.90. The number of benzene rings is 3. The van der Waals surface area contributed by atoms with Gasteiger partial charge in [0.25, 0.3) is 0 Å². The average Bonchev–Trinajstić information content (AvgIpc) is 3.01. The number of esters is 1. The predicted octanol–water partition coefficient (Wildman–Crippen LogP) is 6.49. The summed E-state index contributed by atoms with van der Waals surface area (Å²) in [5.74, 6) is -1.61. The Morgan fingerprint density at radius 3 is 1.90 bits per heavy atom. The summed E-state index contributed by atoms with van der Waals surface area (Å²) < 4.78 is 11.3. The van der Waals surface area contributed by atoms with Crippen molar-refractivity contribution in [3.8, 4) is 5.75 Å². The highest BCUT2D eigenvalue weighted by atomic mass is 16.6. The van der Waals surface area contributed by atoms with Gasteiger partial charge in [-0.2, -0.15) is 0 Å². The van der Waals surface area contributed by atoms with Gasteiger partial charge in [0.1, 0.15) is 35.1 Å². The molecule has 3 aromatic carbocycles. The fourth-order valence-electron chi connectivity index (χ4n) is 5.51. The number of carbonyl (C=O) groups excluding carboxylic acids is 4. The Kier molecular flexibility index (Phi) is 13.6. The van der Waals surface area contributed by atoms with E-state index in [1.54, 1.807) is 59.7 Å². The molecule has 3 aromatic rings. The van der Waals surface area contributed by atoms with Crippen molar-refractivity contribution in [2.24, 2.45) is 0 Å². The summed E-state index contributed by atoms with van der Waals surface area (Å²) in [5.41, 5.74) is 2.20. The minimum Gasteiger partial charge on any atom is -0.508 e. The first-order valence-corrected chi connectivity index (χ1v) is 17.1. The third kappa shape index (κ3) is 11.9. The number of phenols is 1. The first-order valence-electron chi connectivity index (χ1n) is 17.1. The van der Waals surface area contributed by atoms with Gasteiger partial charge < -0.3 is 30.1 Å². The number of carbonyl (C=O) groups is 4. The smallest absolute Gasteiger partial charge is 0.408 e. The van der Waals surface area contributed by atoms with E-state index in [0.717, 1.165) is 16.7 Å². The molecule has 3 N–H and O–H groups in total. The SMILES string of the molecule is CCCN(C(=O)C(Cc1ccc(O)cc1)NC(=O)OC(C)(C)C)C(C(=O)NC(Cc1ccccc1)C(=O)OC(C)(C)C)c1cccc(C)c1C. The molecule has 0 saturated carbocycles. The number of hydrogen-bond donors (Lipinski definition) is 3. The molecule has 270 valence electrons. The number of nitrogens with one attached hydrogen (secondary N) is 2. The van der Waals surface area contributed by atoms with E-state index in [0.29, 0.717) is 17.5 Å². The Hall–Kier alpha value is -4.86. The van der Waals surface area contributed by atoms with Crippen LogP contribution < -0.4 is 10.6 Å². The zero-order valence-electron chi connectivity index (χ0n) is 30.8. The minimum absolute atomic E-state index is 0.0611. The van der Waals surface area contributed by atoms with Gasteiger partial charge in [-0.25, -0.2) is 9.59 Å². The van der Waals surface area contributed by atoms with Gasteiger partial charge in [-0.15, -0.1) is 0 Å². The molecule has 3 rings (SSSR count). The molecule has 0 fully saturated rings. The molecule has 0 aliphatic heterocycles. The molecule has 0 aliphatic rings. The van der Waals surface area contributed by atoms with Crippen molar-refractivity contribution < 1.29 is 33.8 Å². The monoisotopic (exact) mass is 687 g/mol. The van der Waals surface area contributed by atoms with Crippen LogP contribution in [0.2, 0.25) is 0 Å². The molecule has 0 heterocycles. The molecule has 0 saturated heterocycles. The van der Waals surface area contributed by atoms with E-state index in [4.69, 9.17) is 9.47 Å². The molecule has 0 aliphatic carbocycles. The first-order chi connectivity index (χ1) is 23.4. The zero-order chi connectivity index (χ0) is 37.2. The number of nitrogens with zero attached hydrogens (tertiary/aromatic N) is 1. The molecule has 0 spiro atoms. The Morgan fingerprint density at radius 2 is 1.32 bits per heavy atom. The maximum atomic E-state index is 14.8. The lowest BCUT2D eigenvalue weighted by Crippen LogP contribution is -2.55. The Balaban J connectivity index is 2.12. The maximum absolute atomic E-state index is 14.8. The topological polar surface area (TPSA) is 134 Å². The molecule has 3 unspecified atom stereocenters. The van der Waals surface area contributed by atoms with Crippen molar-refractivity contribution in [1.29, 1.82) is 0 Å². The number of aryl methyl sites for hydroxylation is 1. The van der Waals surface area contributed by atoms with E-state index in [1.807, 2.05) is 63.2 Å². The first kappa shape index (κ1) is 39.6. The Labute approximate surface area is 296 Å². The lowest BCUT2D eigenvalue weighted by molar-refractivity contribution is -0.159. The van der Waals surface area contributed by atoms with E-state index < -0.39 is 53.2 Å². The summed E-state index contributed by atoms with van der Waals surface area (Å²) in [7, 11) is 0. The molecule has 3 atom stereocenters. The summed E-state index contributed by atoms with van der Waals surface area (Å²) in [4.78, 5) is 57.6. The van der Waals surface area contributed by atoms with Crippen LogP contribution in [0.15, 0.2) is 72.8 Å². The average molecular weight is 688 g/mol. The highest BCUT2D eigenvalue weighted by Crippen LogP contribution is 2.29. The van der Waals surface area contributed by atoms with Gasteiger partial charge in [0.15, 0.2) is 0 Å². The summed E-state index contributed by atoms with van der Waals surface area (Å²) in [6.45, 7) is 16.3. The lowest BCUT2D eigenvalue weighted by Gasteiger charge is -2.36. The van der Waals surface area contributed by atoms with Gasteiger partial charge in [-0.1, -0.05) is 67.6 Å². The van der Waals surface area contributed by atoms with Crippen LogP contribution in [0.5, 0.6) is 5.75 Å². The van der Waals surface area contributed by atoms with Gasteiger partial charge in [-0.05, 0) is 102 Å². The Bertz CT molecular complexity index is 1610. The van der Waals surface area contributed by atoms with Gasteiger partial charge >= 0.3 is 12.1 Å². The molecule has 0 bridgehead atoms. The van der Waals surface area contributed by atoms with Crippen LogP contribution in [0.4, 0.5) is 4.79 Å². The quantitative estimate of drug-likeness (QED) is 0.175. The summed E-state index contributed by atoms with van der Waals surface area (Å²) in [6.07, 6.45) is -0.0505. The van der Waals surface area contributed by atoms with Gasteiger partial charge in [0.2, 0.25) is 11.8 Å². The van der Waals surface area contributed by atoms with E-state index in [9.17, 15) is 24.3 Å². The molecule has 10 heteroatoms. The second-order valence-electron chi connectivity index (χ2n) is 14.6. The van der Waals surface area contributed by atoms with Crippen molar-refractivity contribution >= 4 is 23.9 Å². The van der Waals surface area contributed by atoms with Crippen LogP contribution in [0.3, 0.4) is 0 Å². The van der Waals surface area contributed by atoms with Crippen molar-refractivity contribution in [1.82, 2.24) is 15.5 Å². The number of hydrogen-bond acceptors (Lipinski definition) is 7. The normalized spacial score (nSPS) is 13.4. The summed E-state index contributed by atoms with van der Waals surface area (Å²) in [5, 5.41) is 15.6. The predicted molar refractivity (Wildman–Crippen MR) is 194 cm³/mol. The minimum atomic E-state index is -1.16. The third-order valence-electron chi connectivity index (χ3n) is 7.90. The number of phenolic OH excluding ortho intramolecular Hbond substituents is 1. The van der Waals surface area contributed by atoms with Gasteiger partial charge in [0.05, 0.1) is 0 Å². The summed E-state index contributed by atoms with van der Waals surface area (Å²) >= 11 is 0. The number of aromatic hydroxyl groups is 1. The van der Waals surface area contributed by atoms with Gasteiger partial charge in [0, 0.05) is 19.4 Å². The van der Waals surface area contributed by atoms with Crippen LogP contribution in [0, 0.1) is 13.8 Å². The highest BCUT2D eigenvalue weighted by Gasteiger charge is 2.39. The molecule has 3 amide bonds. The zero-order valence-corrected chi connectivity index (χ0v) is 30.8. The largest absolute Gasteiger partial charge is 0.508 e.